The number of halogens is 1. The van der Waals surface area contributed by atoms with Crippen molar-refractivity contribution in [1.29, 1.82) is 0 Å². The Morgan fingerprint density at radius 3 is 2.62 bits per heavy atom. The minimum absolute atomic E-state index is 0.157. The molecule has 0 saturated heterocycles. The Morgan fingerprint density at radius 1 is 1.19 bits per heavy atom. The number of aliphatic hydroxyl groups is 1. The molecule has 37 heavy (non-hydrogen) atoms. The lowest BCUT2D eigenvalue weighted by Crippen LogP contribution is -2.27. The first-order chi connectivity index (χ1) is 17.5. The van der Waals surface area contributed by atoms with E-state index in [0.717, 1.165) is 11.3 Å². The van der Waals surface area contributed by atoms with Gasteiger partial charge < -0.3 is 21.1 Å². The number of hydrogen-bond acceptors (Lipinski definition) is 8. The maximum absolute atomic E-state index is 14.9. The molecule has 1 aromatic carbocycles. The minimum atomic E-state index is -1.20. The zero-order valence-corrected chi connectivity index (χ0v) is 21.2. The molecule has 2 amide bonds. The van der Waals surface area contributed by atoms with Gasteiger partial charge in [0.15, 0.2) is 0 Å². The highest BCUT2D eigenvalue weighted by atomic mass is 32.1. The molecule has 4 rings (SSSR count). The van der Waals surface area contributed by atoms with Gasteiger partial charge in [-0.3, -0.25) is 19.6 Å². The van der Waals surface area contributed by atoms with Crippen LogP contribution < -0.4 is 11.1 Å². The third-order valence-electron chi connectivity index (χ3n) is 5.51. The normalized spacial score (nSPS) is 11.3. The Kier molecular flexibility index (Phi) is 7.28. The molecule has 3 heterocycles. The van der Waals surface area contributed by atoms with Gasteiger partial charge in [0.25, 0.3) is 11.8 Å². The summed E-state index contributed by atoms with van der Waals surface area (Å²) in [4.78, 5) is 39.5. The number of primary amides is 1. The molecular weight excluding hydrogens is 495 g/mol. The molecule has 0 saturated carbocycles. The van der Waals surface area contributed by atoms with Gasteiger partial charge in [-0.15, -0.1) is 11.3 Å². The summed E-state index contributed by atoms with van der Waals surface area (Å²) in [5.41, 5.74) is 6.04. The Balaban J connectivity index is 1.59. The first-order valence-electron chi connectivity index (χ1n) is 11.2. The molecule has 0 fully saturated rings. The summed E-state index contributed by atoms with van der Waals surface area (Å²) < 4.78 is 14.9. The number of nitrogens with zero attached hydrogens (tertiary/aromatic N) is 4. The second-order valence-corrected chi connectivity index (χ2v) is 9.91. The molecule has 0 spiro atoms. The predicted molar refractivity (Wildman–Crippen MR) is 139 cm³/mol. The fourth-order valence-corrected chi connectivity index (χ4v) is 4.65. The standard InChI is InChI=1S/C26H25FN6O3S/c1-26(2,36)15-7-8-17(19(27)11-15)21-12-18(23(28)34)24(37-21)32-22-6-4-5-20(31-22)25(35)33(3)14-16-13-29-9-10-30-16/h4-13,36H,14H2,1-3H3,(H2,28,34)(H,31,32). The number of carbonyl (C=O) groups is 2. The van der Waals surface area contributed by atoms with Crippen LogP contribution >= 0.6 is 11.3 Å². The van der Waals surface area contributed by atoms with Gasteiger partial charge in [-0.2, -0.15) is 0 Å². The fraction of sp³-hybridized carbons (Fsp3) is 0.192. The van der Waals surface area contributed by atoms with Crippen molar-refractivity contribution in [3.63, 3.8) is 0 Å². The lowest BCUT2D eigenvalue weighted by molar-refractivity contribution is 0.0773. The van der Waals surface area contributed by atoms with Crippen molar-refractivity contribution in [3.05, 3.63) is 89.4 Å². The van der Waals surface area contributed by atoms with E-state index in [-0.39, 0.29) is 29.3 Å². The van der Waals surface area contributed by atoms with Crippen molar-refractivity contribution in [2.75, 3.05) is 12.4 Å². The smallest absolute Gasteiger partial charge is 0.272 e. The Labute approximate surface area is 216 Å². The number of carbonyl (C=O) groups excluding carboxylic acids is 2. The average Bonchev–Trinajstić information content (AvgIpc) is 3.27. The van der Waals surface area contributed by atoms with Gasteiger partial charge in [-0.25, -0.2) is 9.37 Å². The summed E-state index contributed by atoms with van der Waals surface area (Å²) in [5.74, 6) is -1.26. The highest BCUT2D eigenvalue weighted by Gasteiger charge is 2.21. The van der Waals surface area contributed by atoms with Crippen molar-refractivity contribution in [2.24, 2.45) is 5.73 Å². The maximum Gasteiger partial charge on any atom is 0.272 e. The second kappa shape index (κ2) is 10.4. The van der Waals surface area contributed by atoms with Crippen molar-refractivity contribution in [1.82, 2.24) is 19.9 Å². The molecule has 9 nitrogen and oxygen atoms in total. The molecule has 11 heteroatoms. The van der Waals surface area contributed by atoms with Crippen LogP contribution in [0.4, 0.5) is 15.2 Å². The van der Waals surface area contributed by atoms with Crippen LogP contribution in [0.5, 0.6) is 0 Å². The monoisotopic (exact) mass is 520 g/mol. The van der Waals surface area contributed by atoms with Crippen molar-refractivity contribution in [3.8, 4) is 10.4 Å². The van der Waals surface area contributed by atoms with E-state index >= 15 is 0 Å². The number of benzene rings is 1. The van der Waals surface area contributed by atoms with Crippen LogP contribution in [-0.4, -0.2) is 43.8 Å². The van der Waals surface area contributed by atoms with Gasteiger partial charge in [0.05, 0.1) is 29.6 Å². The van der Waals surface area contributed by atoms with E-state index in [1.165, 1.54) is 17.0 Å². The molecule has 4 aromatic rings. The topological polar surface area (TPSA) is 134 Å². The molecule has 3 aromatic heterocycles. The largest absolute Gasteiger partial charge is 0.386 e. The van der Waals surface area contributed by atoms with Crippen LogP contribution in [0.3, 0.4) is 0 Å². The van der Waals surface area contributed by atoms with Gasteiger partial charge in [0.2, 0.25) is 0 Å². The summed E-state index contributed by atoms with van der Waals surface area (Å²) in [5, 5.41) is 13.5. The first-order valence-corrected chi connectivity index (χ1v) is 12.1. The van der Waals surface area contributed by atoms with E-state index in [9.17, 15) is 19.1 Å². The number of amides is 2. The SMILES string of the molecule is CN(Cc1cnccn1)C(=O)c1cccc(Nc2sc(-c3ccc(C(C)(C)O)cc3F)cc2C(N)=O)n1. The van der Waals surface area contributed by atoms with E-state index in [2.05, 4.69) is 20.3 Å². The number of nitrogens with one attached hydrogen (secondary N) is 1. The van der Waals surface area contributed by atoms with Gasteiger partial charge in [-0.1, -0.05) is 18.2 Å². The lowest BCUT2D eigenvalue weighted by atomic mass is 9.96. The summed E-state index contributed by atoms with van der Waals surface area (Å²) in [6.07, 6.45) is 4.68. The molecule has 0 aliphatic heterocycles. The van der Waals surface area contributed by atoms with Crippen LogP contribution in [0, 0.1) is 5.82 Å². The molecule has 0 unspecified atom stereocenters. The number of nitrogens with two attached hydrogens (primary N) is 1. The van der Waals surface area contributed by atoms with Gasteiger partial charge in [-0.05, 0) is 43.7 Å². The number of aromatic nitrogens is 3. The Hall–Kier alpha value is -4.22. The summed E-state index contributed by atoms with van der Waals surface area (Å²) >= 11 is 1.12. The van der Waals surface area contributed by atoms with Crippen LogP contribution in [0.25, 0.3) is 10.4 Å². The zero-order valence-electron chi connectivity index (χ0n) is 20.4. The third kappa shape index (κ3) is 5.96. The van der Waals surface area contributed by atoms with Crippen molar-refractivity contribution < 1.29 is 19.1 Å². The van der Waals surface area contributed by atoms with Crippen LogP contribution in [0.15, 0.2) is 61.1 Å². The first kappa shape index (κ1) is 25.9. The summed E-state index contributed by atoms with van der Waals surface area (Å²) in [6.45, 7) is 3.39. The summed E-state index contributed by atoms with van der Waals surface area (Å²) in [7, 11) is 1.63. The zero-order chi connectivity index (χ0) is 26.7. The van der Waals surface area contributed by atoms with Crippen LogP contribution in [0.2, 0.25) is 0 Å². The van der Waals surface area contributed by atoms with Crippen LogP contribution in [0.1, 0.15) is 46.0 Å². The maximum atomic E-state index is 14.9. The van der Waals surface area contributed by atoms with Gasteiger partial charge in [0, 0.05) is 29.9 Å². The number of rotatable bonds is 8. The molecule has 0 radical (unpaired) electrons. The molecule has 4 N–H and O–H groups in total. The van der Waals surface area contributed by atoms with E-state index in [0.29, 0.717) is 27.0 Å². The highest BCUT2D eigenvalue weighted by Crippen LogP contribution is 2.38. The second-order valence-electron chi connectivity index (χ2n) is 8.86. The van der Waals surface area contributed by atoms with Crippen LogP contribution in [-0.2, 0) is 12.1 Å². The minimum Gasteiger partial charge on any atom is -0.386 e. The van der Waals surface area contributed by atoms with E-state index < -0.39 is 17.3 Å². The highest BCUT2D eigenvalue weighted by molar-refractivity contribution is 7.20. The molecule has 0 bridgehead atoms. The van der Waals surface area contributed by atoms with Gasteiger partial charge in [0.1, 0.15) is 22.3 Å². The number of hydrogen-bond donors (Lipinski definition) is 3. The molecule has 0 aliphatic carbocycles. The van der Waals surface area contributed by atoms with Gasteiger partial charge >= 0.3 is 0 Å². The quantitative estimate of drug-likeness (QED) is 0.319. The number of pyridine rings is 1. The Bertz CT molecular complexity index is 1450. The molecule has 190 valence electrons. The average molecular weight is 521 g/mol. The third-order valence-corrected chi connectivity index (χ3v) is 6.59. The number of anilines is 2. The predicted octanol–water partition coefficient (Wildman–Crippen LogP) is 4.08. The van der Waals surface area contributed by atoms with E-state index in [1.807, 2.05) is 0 Å². The number of thiophene rings is 1. The summed E-state index contributed by atoms with van der Waals surface area (Å²) in [6, 6.07) is 10.8. The Morgan fingerprint density at radius 2 is 1.97 bits per heavy atom. The van der Waals surface area contributed by atoms with Crippen molar-refractivity contribution in [2.45, 2.75) is 26.0 Å². The molecule has 0 atom stereocenters. The fourth-order valence-electron chi connectivity index (χ4n) is 3.56. The van der Waals surface area contributed by atoms with E-state index in [1.54, 1.807) is 69.8 Å². The molecule has 0 aliphatic rings. The molecular formula is C26H25FN6O3S. The van der Waals surface area contributed by atoms with E-state index in [4.69, 9.17) is 5.73 Å². The lowest BCUT2D eigenvalue weighted by Gasteiger charge is -2.18. The van der Waals surface area contributed by atoms with Crippen molar-refractivity contribution >= 4 is 34.0 Å².